The highest BCUT2D eigenvalue weighted by atomic mass is 16.5. The largest absolute Gasteiger partial charge is 0.493 e. The maximum absolute atomic E-state index is 12.1. The van der Waals surface area contributed by atoms with Gasteiger partial charge in [-0.2, -0.15) is 0 Å². The summed E-state index contributed by atoms with van der Waals surface area (Å²) in [7, 11) is 1.48. The first-order chi connectivity index (χ1) is 11.0. The van der Waals surface area contributed by atoms with E-state index in [2.05, 4.69) is 5.32 Å². The Morgan fingerprint density at radius 2 is 2.00 bits per heavy atom. The second kappa shape index (κ2) is 7.45. The van der Waals surface area contributed by atoms with Gasteiger partial charge in [-0.1, -0.05) is 18.2 Å². The molecule has 2 aromatic rings. The Balaban J connectivity index is 2.08. The highest BCUT2D eigenvalue weighted by Crippen LogP contribution is 2.30. The Labute approximate surface area is 135 Å². The fraction of sp³-hybridized carbons (Fsp3) is 0.222. The first kappa shape index (κ1) is 16.5. The number of ether oxygens (including phenoxy) is 2. The second-order valence-corrected chi connectivity index (χ2v) is 5.15. The van der Waals surface area contributed by atoms with Crippen LogP contribution in [0.1, 0.15) is 21.5 Å². The van der Waals surface area contributed by atoms with Crippen LogP contribution in [-0.2, 0) is 4.79 Å². The van der Waals surface area contributed by atoms with Crippen LogP contribution in [0.5, 0.6) is 11.5 Å². The van der Waals surface area contributed by atoms with E-state index in [1.54, 1.807) is 18.2 Å². The zero-order valence-corrected chi connectivity index (χ0v) is 13.4. The Bertz CT molecular complexity index is 725. The average Bonchev–Trinajstić information content (AvgIpc) is 2.55. The van der Waals surface area contributed by atoms with Gasteiger partial charge in [0, 0.05) is 5.69 Å². The van der Waals surface area contributed by atoms with Crippen molar-refractivity contribution in [1.82, 2.24) is 0 Å². The number of rotatable bonds is 6. The van der Waals surface area contributed by atoms with Crippen molar-refractivity contribution < 1.29 is 19.1 Å². The molecule has 0 aromatic heterocycles. The summed E-state index contributed by atoms with van der Waals surface area (Å²) in [6.07, 6.45) is 0.667. The van der Waals surface area contributed by atoms with Gasteiger partial charge in [0.1, 0.15) is 0 Å². The number of carbonyl (C=O) groups is 2. The van der Waals surface area contributed by atoms with Gasteiger partial charge in [-0.3, -0.25) is 9.59 Å². The van der Waals surface area contributed by atoms with Gasteiger partial charge in [-0.05, 0) is 43.2 Å². The third kappa shape index (κ3) is 4.10. The number of amides is 1. The van der Waals surface area contributed by atoms with Gasteiger partial charge in [0.05, 0.1) is 12.7 Å². The number of nitrogens with one attached hydrogen (secondary N) is 1. The van der Waals surface area contributed by atoms with E-state index in [-0.39, 0.29) is 18.3 Å². The van der Waals surface area contributed by atoms with Crippen LogP contribution in [0.15, 0.2) is 36.4 Å². The fourth-order valence-electron chi connectivity index (χ4n) is 2.14. The molecule has 23 heavy (non-hydrogen) atoms. The summed E-state index contributed by atoms with van der Waals surface area (Å²) in [6, 6.07) is 10.8. The number of benzene rings is 2. The van der Waals surface area contributed by atoms with Gasteiger partial charge >= 0.3 is 0 Å². The number of aldehydes is 1. The maximum Gasteiger partial charge on any atom is 0.262 e. The Morgan fingerprint density at radius 3 is 2.70 bits per heavy atom. The van der Waals surface area contributed by atoms with E-state index in [4.69, 9.17) is 9.47 Å². The number of anilines is 1. The van der Waals surface area contributed by atoms with Crippen LogP contribution in [0.2, 0.25) is 0 Å². The molecule has 0 saturated heterocycles. The Hall–Kier alpha value is -2.82. The Kier molecular flexibility index (Phi) is 5.36. The molecule has 2 aromatic carbocycles. The molecule has 0 aliphatic heterocycles. The molecule has 0 radical (unpaired) electrons. The van der Waals surface area contributed by atoms with Crippen molar-refractivity contribution in [3.8, 4) is 11.5 Å². The van der Waals surface area contributed by atoms with Gasteiger partial charge < -0.3 is 14.8 Å². The molecule has 0 spiro atoms. The van der Waals surface area contributed by atoms with E-state index in [1.165, 1.54) is 7.11 Å². The predicted octanol–water partition coefficient (Wildman–Crippen LogP) is 3.14. The molecule has 0 bridgehead atoms. The molecule has 120 valence electrons. The first-order valence-electron chi connectivity index (χ1n) is 7.17. The molecule has 0 fully saturated rings. The lowest BCUT2D eigenvalue weighted by atomic mass is 10.1. The summed E-state index contributed by atoms with van der Waals surface area (Å²) >= 11 is 0. The summed E-state index contributed by atoms with van der Waals surface area (Å²) in [5.74, 6) is 0.372. The lowest BCUT2D eigenvalue weighted by Gasteiger charge is -2.13. The molecular weight excluding hydrogens is 294 g/mol. The summed E-state index contributed by atoms with van der Waals surface area (Å²) in [5.41, 5.74) is 3.10. The van der Waals surface area contributed by atoms with Crippen LogP contribution in [0.3, 0.4) is 0 Å². The van der Waals surface area contributed by atoms with Crippen LogP contribution in [0.25, 0.3) is 0 Å². The van der Waals surface area contributed by atoms with E-state index in [1.807, 2.05) is 32.0 Å². The standard InChI is InChI=1S/C18H19NO4/c1-12-7-8-13(2)15(9-12)19-17(21)11-23-18-14(10-20)5-4-6-16(18)22-3/h4-10H,11H2,1-3H3,(H,19,21). The van der Waals surface area contributed by atoms with Crippen molar-refractivity contribution in [3.05, 3.63) is 53.1 Å². The van der Waals surface area contributed by atoms with Crippen molar-refractivity contribution in [2.75, 3.05) is 19.0 Å². The quantitative estimate of drug-likeness (QED) is 0.832. The smallest absolute Gasteiger partial charge is 0.262 e. The molecule has 1 amide bonds. The number of aryl methyl sites for hydroxylation is 2. The van der Waals surface area contributed by atoms with E-state index >= 15 is 0 Å². The van der Waals surface area contributed by atoms with Gasteiger partial charge in [-0.25, -0.2) is 0 Å². The zero-order valence-electron chi connectivity index (χ0n) is 13.4. The predicted molar refractivity (Wildman–Crippen MR) is 88.4 cm³/mol. The minimum atomic E-state index is -0.304. The van der Waals surface area contributed by atoms with E-state index in [0.717, 1.165) is 16.8 Å². The van der Waals surface area contributed by atoms with Crippen LogP contribution in [0, 0.1) is 13.8 Å². The van der Waals surface area contributed by atoms with Crippen molar-refractivity contribution in [2.45, 2.75) is 13.8 Å². The second-order valence-electron chi connectivity index (χ2n) is 5.15. The molecule has 5 nitrogen and oxygen atoms in total. The van der Waals surface area contributed by atoms with Crippen molar-refractivity contribution in [3.63, 3.8) is 0 Å². The first-order valence-corrected chi connectivity index (χ1v) is 7.17. The number of carbonyl (C=O) groups excluding carboxylic acids is 2. The zero-order chi connectivity index (χ0) is 16.8. The molecule has 0 heterocycles. The molecule has 0 aliphatic rings. The average molecular weight is 313 g/mol. The minimum Gasteiger partial charge on any atom is -0.493 e. The molecule has 2 rings (SSSR count). The van der Waals surface area contributed by atoms with E-state index in [9.17, 15) is 9.59 Å². The third-order valence-electron chi connectivity index (χ3n) is 3.37. The fourth-order valence-corrected chi connectivity index (χ4v) is 2.14. The summed E-state index contributed by atoms with van der Waals surface area (Å²) in [4.78, 5) is 23.2. The third-order valence-corrected chi connectivity index (χ3v) is 3.37. The van der Waals surface area contributed by atoms with Gasteiger partial charge in [0.25, 0.3) is 5.91 Å². The molecule has 0 unspecified atom stereocenters. The molecule has 5 heteroatoms. The lowest BCUT2D eigenvalue weighted by Crippen LogP contribution is -2.21. The lowest BCUT2D eigenvalue weighted by molar-refractivity contribution is -0.118. The monoisotopic (exact) mass is 313 g/mol. The minimum absolute atomic E-state index is 0.214. The molecule has 0 aliphatic carbocycles. The van der Waals surface area contributed by atoms with Crippen molar-refractivity contribution >= 4 is 17.9 Å². The van der Waals surface area contributed by atoms with E-state index < -0.39 is 0 Å². The highest BCUT2D eigenvalue weighted by Gasteiger charge is 2.12. The van der Waals surface area contributed by atoms with Crippen LogP contribution in [-0.4, -0.2) is 25.9 Å². The van der Waals surface area contributed by atoms with Gasteiger partial charge in [0.15, 0.2) is 24.4 Å². The highest BCUT2D eigenvalue weighted by molar-refractivity contribution is 5.93. The number of para-hydroxylation sites is 1. The Morgan fingerprint density at radius 1 is 1.22 bits per heavy atom. The molecule has 1 N–H and O–H groups in total. The maximum atomic E-state index is 12.1. The van der Waals surface area contributed by atoms with Crippen molar-refractivity contribution in [2.24, 2.45) is 0 Å². The van der Waals surface area contributed by atoms with Crippen LogP contribution >= 0.6 is 0 Å². The van der Waals surface area contributed by atoms with Gasteiger partial charge in [0.2, 0.25) is 0 Å². The molecule has 0 atom stereocenters. The normalized spacial score (nSPS) is 10.0. The SMILES string of the molecule is COc1cccc(C=O)c1OCC(=O)Nc1cc(C)ccc1C. The van der Waals surface area contributed by atoms with Crippen LogP contribution < -0.4 is 14.8 Å². The number of methoxy groups -OCH3 is 1. The van der Waals surface area contributed by atoms with Gasteiger partial charge in [-0.15, -0.1) is 0 Å². The van der Waals surface area contributed by atoms with E-state index in [0.29, 0.717) is 17.6 Å². The molecule has 0 saturated carbocycles. The van der Waals surface area contributed by atoms with Crippen molar-refractivity contribution in [1.29, 1.82) is 0 Å². The number of hydrogen-bond donors (Lipinski definition) is 1. The van der Waals surface area contributed by atoms with Crippen LogP contribution in [0.4, 0.5) is 5.69 Å². The number of hydrogen-bond acceptors (Lipinski definition) is 4. The summed E-state index contributed by atoms with van der Waals surface area (Å²) in [6.45, 7) is 3.66. The topological polar surface area (TPSA) is 64.6 Å². The molecular formula is C18H19NO4. The summed E-state index contributed by atoms with van der Waals surface area (Å²) < 4.78 is 10.6. The summed E-state index contributed by atoms with van der Waals surface area (Å²) in [5, 5.41) is 2.80.